The van der Waals surface area contributed by atoms with Crippen molar-refractivity contribution in [2.75, 3.05) is 6.54 Å². The van der Waals surface area contributed by atoms with Gasteiger partial charge in [0.2, 0.25) is 5.91 Å². The molecule has 2 nitrogen and oxygen atoms in total. The lowest BCUT2D eigenvalue weighted by Gasteiger charge is -2.30. The van der Waals surface area contributed by atoms with Crippen molar-refractivity contribution in [3.63, 3.8) is 0 Å². The van der Waals surface area contributed by atoms with Crippen LogP contribution in [-0.4, -0.2) is 18.6 Å². The Bertz CT molecular complexity index is 304. The molecule has 0 saturated heterocycles. The first-order valence-electron chi connectivity index (χ1n) is 7.72. The molecule has 0 aromatic rings. The number of hydrogen-bond acceptors (Lipinski definition) is 1. The first-order chi connectivity index (χ1) is 9.38. The van der Waals surface area contributed by atoms with Crippen LogP contribution in [0.4, 0.5) is 13.2 Å². The lowest BCUT2D eigenvalue weighted by molar-refractivity contribution is -0.185. The van der Waals surface area contributed by atoms with Crippen molar-refractivity contribution >= 4 is 5.91 Å². The van der Waals surface area contributed by atoms with E-state index in [1.807, 2.05) is 13.8 Å². The number of nitrogens with one attached hydrogen (secondary N) is 1. The predicted octanol–water partition coefficient (Wildman–Crippen LogP) is 4.30. The van der Waals surface area contributed by atoms with Crippen LogP contribution >= 0.6 is 0 Å². The maximum atomic E-state index is 12.7. The molecule has 20 heavy (non-hydrogen) atoms. The summed E-state index contributed by atoms with van der Waals surface area (Å²) in [6, 6.07) is 0. The van der Waals surface area contributed by atoms with Gasteiger partial charge in [-0.2, -0.15) is 13.2 Å². The second kappa shape index (κ2) is 7.89. The van der Waals surface area contributed by atoms with Crippen molar-refractivity contribution in [2.45, 2.75) is 65.0 Å². The molecule has 0 radical (unpaired) electrons. The summed E-state index contributed by atoms with van der Waals surface area (Å²) in [5.74, 6) is -1.21. The molecule has 1 amide bonds. The van der Waals surface area contributed by atoms with Crippen LogP contribution < -0.4 is 5.32 Å². The molecule has 118 valence electrons. The zero-order chi connectivity index (χ0) is 15.2. The summed E-state index contributed by atoms with van der Waals surface area (Å²) in [5, 5.41) is 2.85. The molecule has 1 N–H and O–H groups in total. The fraction of sp³-hybridized carbons (Fsp3) is 0.933. The summed E-state index contributed by atoms with van der Waals surface area (Å²) in [6.45, 7) is 4.40. The van der Waals surface area contributed by atoms with E-state index < -0.39 is 12.1 Å². The molecule has 1 aliphatic rings. The first-order valence-corrected chi connectivity index (χ1v) is 7.72. The lowest BCUT2D eigenvalue weighted by atomic mass is 9.81. The van der Waals surface area contributed by atoms with E-state index in [0.29, 0.717) is 13.0 Å². The van der Waals surface area contributed by atoms with Gasteiger partial charge in [0.15, 0.2) is 0 Å². The van der Waals surface area contributed by atoms with E-state index in [1.165, 1.54) is 0 Å². The van der Waals surface area contributed by atoms with E-state index in [9.17, 15) is 18.0 Å². The summed E-state index contributed by atoms with van der Waals surface area (Å²) >= 11 is 0. The summed E-state index contributed by atoms with van der Waals surface area (Å²) in [5.41, 5.74) is 0. The van der Waals surface area contributed by atoms with Crippen LogP contribution in [0.25, 0.3) is 0 Å². The highest BCUT2D eigenvalue weighted by Crippen LogP contribution is 2.39. The third-order valence-corrected chi connectivity index (χ3v) is 4.31. The van der Waals surface area contributed by atoms with Gasteiger partial charge in [0.1, 0.15) is 0 Å². The van der Waals surface area contributed by atoms with Gasteiger partial charge >= 0.3 is 6.18 Å². The molecule has 1 saturated carbocycles. The van der Waals surface area contributed by atoms with Gasteiger partial charge in [0.25, 0.3) is 0 Å². The van der Waals surface area contributed by atoms with E-state index in [4.69, 9.17) is 0 Å². The molecule has 1 rings (SSSR count). The van der Waals surface area contributed by atoms with Gasteiger partial charge in [-0.15, -0.1) is 0 Å². The van der Waals surface area contributed by atoms with E-state index in [2.05, 4.69) is 5.32 Å². The smallest absolute Gasteiger partial charge is 0.356 e. The van der Waals surface area contributed by atoms with Gasteiger partial charge in [-0.25, -0.2) is 0 Å². The molecule has 0 spiro atoms. The monoisotopic (exact) mass is 293 g/mol. The van der Waals surface area contributed by atoms with Crippen LogP contribution in [0.15, 0.2) is 0 Å². The minimum Gasteiger partial charge on any atom is -0.356 e. The Morgan fingerprint density at radius 1 is 1.30 bits per heavy atom. The van der Waals surface area contributed by atoms with Gasteiger partial charge < -0.3 is 5.32 Å². The molecule has 5 heteroatoms. The maximum Gasteiger partial charge on any atom is 0.391 e. The SMILES string of the molecule is CCCC(CC)C(=O)NCC1CCCC(C(F)(F)F)C1. The number of hydrogen-bond donors (Lipinski definition) is 1. The Labute approximate surface area is 119 Å². The highest BCUT2D eigenvalue weighted by Gasteiger charge is 2.42. The molecule has 0 aliphatic heterocycles. The van der Waals surface area contributed by atoms with E-state index in [0.717, 1.165) is 25.7 Å². The average Bonchev–Trinajstić information content (AvgIpc) is 2.41. The Balaban J connectivity index is 2.39. The molecule has 0 aromatic carbocycles. The average molecular weight is 293 g/mol. The molecular weight excluding hydrogens is 267 g/mol. The normalized spacial score (nSPS) is 25.2. The fourth-order valence-electron chi connectivity index (χ4n) is 3.03. The van der Waals surface area contributed by atoms with Crippen LogP contribution in [0.3, 0.4) is 0 Å². The van der Waals surface area contributed by atoms with Crippen molar-refractivity contribution in [3.8, 4) is 0 Å². The van der Waals surface area contributed by atoms with Crippen LogP contribution in [0.1, 0.15) is 58.8 Å². The topological polar surface area (TPSA) is 29.1 Å². The summed E-state index contributed by atoms with van der Waals surface area (Å²) in [4.78, 5) is 12.0. The standard InChI is InChI=1S/C15H26F3NO/c1-3-6-12(4-2)14(20)19-10-11-7-5-8-13(9-11)15(16,17)18/h11-13H,3-10H2,1-2H3,(H,19,20). The third-order valence-electron chi connectivity index (χ3n) is 4.31. The molecule has 3 atom stereocenters. The number of alkyl halides is 3. The fourth-order valence-corrected chi connectivity index (χ4v) is 3.03. The van der Waals surface area contributed by atoms with E-state index >= 15 is 0 Å². The number of carbonyl (C=O) groups excluding carboxylic acids is 1. The number of rotatable bonds is 6. The van der Waals surface area contributed by atoms with Crippen molar-refractivity contribution in [3.05, 3.63) is 0 Å². The van der Waals surface area contributed by atoms with E-state index in [-0.39, 0.29) is 30.6 Å². The van der Waals surface area contributed by atoms with Gasteiger partial charge in [-0.05, 0) is 38.0 Å². The highest BCUT2D eigenvalue weighted by atomic mass is 19.4. The minimum absolute atomic E-state index is 0.00186. The molecule has 0 bridgehead atoms. The summed E-state index contributed by atoms with van der Waals surface area (Å²) in [7, 11) is 0. The van der Waals surface area contributed by atoms with Crippen LogP contribution in [0.2, 0.25) is 0 Å². The largest absolute Gasteiger partial charge is 0.391 e. The van der Waals surface area contributed by atoms with Crippen molar-refractivity contribution in [1.82, 2.24) is 5.32 Å². The van der Waals surface area contributed by atoms with Crippen molar-refractivity contribution in [2.24, 2.45) is 17.8 Å². The van der Waals surface area contributed by atoms with Gasteiger partial charge in [0, 0.05) is 12.5 Å². The van der Waals surface area contributed by atoms with Gasteiger partial charge in [-0.3, -0.25) is 4.79 Å². The third kappa shape index (κ3) is 5.33. The summed E-state index contributed by atoms with van der Waals surface area (Å²) in [6.07, 6.45) is 0.292. The number of halogens is 3. The van der Waals surface area contributed by atoms with Crippen LogP contribution in [-0.2, 0) is 4.79 Å². The quantitative estimate of drug-likeness (QED) is 0.777. The highest BCUT2D eigenvalue weighted by molar-refractivity contribution is 5.78. The molecule has 0 heterocycles. The Morgan fingerprint density at radius 2 is 2.00 bits per heavy atom. The molecule has 0 aromatic heterocycles. The minimum atomic E-state index is -4.09. The molecule has 1 fully saturated rings. The molecule has 1 aliphatic carbocycles. The number of amides is 1. The Morgan fingerprint density at radius 3 is 2.55 bits per heavy atom. The number of carbonyl (C=O) groups is 1. The Hall–Kier alpha value is -0.740. The maximum absolute atomic E-state index is 12.7. The second-order valence-corrected chi connectivity index (χ2v) is 5.91. The van der Waals surface area contributed by atoms with Crippen molar-refractivity contribution < 1.29 is 18.0 Å². The molecule has 3 unspecified atom stereocenters. The van der Waals surface area contributed by atoms with Crippen molar-refractivity contribution in [1.29, 1.82) is 0 Å². The molecular formula is C15H26F3NO. The van der Waals surface area contributed by atoms with Crippen LogP contribution in [0, 0.1) is 17.8 Å². The van der Waals surface area contributed by atoms with Gasteiger partial charge in [0.05, 0.1) is 5.92 Å². The van der Waals surface area contributed by atoms with Crippen LogP contribution in [0.5, 0.6) is 0 Å². The zero-order valence-corrected chi connectivity index (χ0v) is 12.4. The lowest BCUT2D eigenvalue weighted by Crippen LogP contribution is -2.37. The summed E-state index contributed by atoms with van der Waals surface area (Å²) < 4.78 is 38.1. The van der Waals surface area contributed by atoms with E-state index in [1.54, 1.807) is 0 Å². The van der Waals surface area contributed by atoms with Gasteiger partial charge in [-0.1, -0.05) is 26.7 Å². The second-order valence-electron chi connectivity index (χ2n) is 5.91. The zero-order valence-electron chi connectivity index (χ0n) is 12.4. The first kappa shape index (κ1) is 17.3. The Kier molecular flexibility index (Phi) is 6.83. The predicted molar refractivity (Wildman–Crippen MR) is 73.2 cm³/mol.